The maximum absolute atomic E-state index is 13.5. The van der Waals surface area contributed by atoms with Gasteiger partial charge in [0, 0.05) is 44.9 Å². The van der Waals surface area contributed by atoms with Crippen LogP contribution in [0.2, 0.25) is 0 Å². The molecule has 1 aliphatic heterocycles. The number of alkyl halides is 3. The van der Waals surface area contributed by atoms with Crippen LogP contribution in [0.5, 0.6) is 5.88 Å². The van der Waals surface area contributed by atoms with Crippen molar-refractivity contribution in [2.24, 2.45) is 5.92 Å². The van der Waals surface area contributed by atoms with Gasteiger partial charge in [0.15, 0.2) is 0 Å². The van der Waals surface area contributed by atoms with E-state index in [9.17, 15) is 22.4 Å². The lowest BCUT2D eigenvalue weighted by molar-refractivity contribution is -0.140. The predicted molar refractivity (Wildman–Crippen MR) is 116 cm³/mol. The molecule has 0 spiro atoms. The summed E-state index contributed by atoms with van der Waals surface area (Å²) in [4.78, 5) is 18.1. The number of nitrogens with one attached hydrogen (secondary N) is 1. The fraction of sp³-hybridized carbons (Fsp3) is 0.500. The van der Waals surface area contributed by atoms with Gasteiger partial charge in [0.25, 0.3) is 0 Å². The van der Waals surface area contributed by atoms with Gasteiger partial charge in [-0.05, 0) is 42.0 Å². The van der Waals surface area contributed by atoms with Crippen molar-refractivity contribution in [3.8, 4) is 5.88 Å². The van der Waals surface area contributed by atoms with E-state index < -0.39 is 17.6 Å². The molecule has 3 rings (SSSR count). The van der Waals surface area contributed by atoms with Crippen LogP contribution in [0.4, 0.5) is 17.6 Å². The summed E-state index contributed by atoms with van der Waals surface area (Å²) >= 11 is 0. The Kier molecular flexibility index (Phi) is 8.29. The first-order valence-corrected chi connectivity index (χ1v) is 11.1. The smallest absolute Gasteiger partial charge is 0.419 e. The molecule has 0 unspecified atom stereocenters. The number of carbonyl (C=O) groups excluding carboxylic acids is 1. The molecule has 180 valence electrons. The van der Waals surface area contributed by atoms with Crippen molar-refractivity contribution >= 4 is 5.91 Å². The number of pyridine rings is 1. The van der Waals surface area contributed by atoms with Gasteiger partial charge in [0.05, 0.1) is 5.56 Å². The fourth-order valence-corrected chi connectivity index (χ4v) is 3.73. The molecule has 1 aliphatic rings. The molecule has 1 amide bonds. The number of benzene rings is 1. The van der Waals surface area contributed by atoms with Crippen molar-refractivity contribution in [2.75, 3.05) is 13.1 Å². The Balaban J connectivity index is 1.45. The highest BCUT2D eigenvalue weighted by Gasteiger charge is 2.34. The summed E-state index contributed by atoms with van der Waals surface area (Å²) in [5, 5.41) is 2.86. The highest BCUT2D eigenvalue weighted by molar-refractivity contribution is 5.76. The second kappa shape index (κ2) is 11.0. The van der Waals surface area contributed by atoms with Crippen LogP contribution in [0, 0.1) is 11.7 Å². The number of piperidine rings is 1. The lowest BCUT2D eigenvalue weighted by Gasteiger charge is -2.32. The normalized spacial score (nSPS) is 15.6. The second-order valence-corrected chi connectivity index (χ2v) is 8.78. The van der Waals surface area contributed by atoms with Gasteiger partial charge in [-0.2, -0.15) is 13.2 Å². The molecule has 1 N–H and O–H groups in total. The van der Waals surface area contributed by atoms with E-state index in [-0.39, 0.29) is 12.0 Å². The Hall–Kier alpha value is -2.68. The summed E-state index contributed by atoms with van der Waals surface area (Å²) in [5.74, 6) is -0.445. The molecule has 0 aliphatic carbocycles. The topological polar surface area (TPSA) is 54.5 Å². The molecule has 0 atom stereocenters. The summed E-state index contributed by atoms with van der Waals surface area (Å²) in [6, 6.07) is 6.78. The Bertz CT molecular complexity index is 924. The summed E-state index contributed by atoms with van der Waals surface area (Å²) in [5.41, 5.74) is 0.0832. The number of aromatic nitrogens is 1. The van der Waals surface area contributed by atoms with Crippen LogP contribution < -0.4 is 10.1 Å². The monoisotopic (exact) mass is 467 g/mol. The van der Waals surface area contributed by atoms with Crippen molar-refractivity contribution in [1.29, 1.82) is 0 Å². The van der Waals surface area contributed by atoms with Crippen molar-refractivity contribution in [3.05, 3.63) is 59.0 Å². The Morgan fingerprint density at radius 1 is 1.18 bits per heavy atom. The van der Waals surface area contributed by atoms with Crippen LogP contribution >= 0.6 is 0 Å². The number of rotatable bonds is 8. The minimum atomic E-state index is -4.71. The predicted octanol–water partition coefficient (Wildman–Crippen LogP) is 4.95. The van der Waals surface area contributed by atoms with Gasteiger partial charge in [0.2, 0.25) is 11.8 Å². The van der Waals surface area contributed by atoms with Crippen molar-refractivity contribution in [2.45, 2.75) is 58.5 Å². The van der Waals surface area contributed by atoms with Crippen molar-refractivity contribution < 1.29 is 27.1 Å². The summed E-state index contributed by atoms with van der Waals surface area (Å²) in [6.07, 6.45) is -1.16. The number of hydrogen-bond acceptors (Lipinski definition) is 4. The zero-order valence-electron chi connectivity index (χ0n) is 18.8. The molecule has 1 aromatic heterocycles. The number of hydrogen-bond donors (Lipinski definition) is 1. The molecule has 2 aromatic rings. The maximum Gasteiger partial charge on any atom is 0.419 e. The largest absolute Gasteiger partial charge is 0.474 e. The molecule has 0 saturated carbocycles. The molecule has 33 heavy (non-hydrogen) atoms. The van der Waals surface area contributed by atoms with Crippen molar-refractivity contribution in [3.63, 3.8) is 0 Å². The lowest BCUT2D eigenvalue weighted by atomic mass is 10.1. The van der Waals surface area contributed by atoms with Gasteiger partial charge < -0.3 is 10.1 Å². The SMILES string of the molecule is CC(C)CC(=O)NCc1ccc(OC2CCN(Cc3ccc(F)c(C(F)(F)F)c3)CC2)nc1. The standard InChI is InChI=1S/C24H29F4N3O2/c1-16(2)11-22(32)29-13-18-4-6-23(30-14-18)33-19-7-9-31(10-8-19)15-17-3-5-21(25)20(12-17)24(26,27)28/h3-6,12,14,16,19H,7-11,13,15H2,1-2H3,(H,29,32). The molecule has 5 nitrogen and oxygen atoms in total. The van der Waals surface area contributed by atoms with Gasteiger partial charge in [0.1, 0.15) is 11.9 Å². The highest BCUT2D eigenvalue weighted by atomic mass is 19.4. The van der Waals surface area contributed by atoms with Gasteiger partial charge in [-0.25, -0.2) is 9.37 Å². The minimum Gasteiger partial charge on any atom is -0.474 e. The van der Waals surface area contributed by atoms with Crippen LogP contribution in [-0.4, -0.2) is 35.0 Å². The summed E-state index contributed by atoms with van der Waals surface area (Å²) < 4.78 is 58.2. The second-order valence-electron chi connectivity index (χ2n) is 8.78. The van der Waals surface area contributed by atoms with Crippen LogP contribution in [0.15, 0.2) is 36.5 Å². The third-order valence-corrected chi connectivity index (χ3v) is 5.45. The number of nitrogens with zero attached hydrogens (tertiary/aromatic N) is 2. The zero-order chi connectivity index (χ0) is 24.0. The number of carbonyl (C=O) groups is 1. The Morgan fingerprint density at radius 3 is 2.48 bits per heavy atom. The van der Waals surface area contributed by atoms with Crippen LogP contribution in [0.1, 0.15) is 49.8 Å². The number of amides is 1. The molecule has 2 heterocycles. The molecule has 9 heteroatoms. The van der Waals surface area contributed by atoms with E-state index in [1.54, 1.807) is 12.3 Å². The summed E-state index contributed by atoms with van der Waals surface area (Å²) in [6.45, 7) is 6.03. The molecule has 1 saturated heterocycles. The van der Waals surface area contributed by atoms with E-state index in [2.05, 4.69) is 10.3 Å². The fourth-order valence-electron chi connectivity index (χ4n) is 3.73. The minimum absolute atomic E-state index is 0.00681. The van der Waals surface area contributed by atoms with Gasteiger partial charge >= 0.3 is 6.18 Å². The van der Waals surface area contributed by atoms with E-state index in [1.807, 2.05) is 24.8 Å². The Labute approximate surface area is 191 Å². The first-order chi connectivity index (χ1) is 15.6. The van der Waals surface area contributed by atoms with E-state index in [4.69, 9.17) is 4.74 Å². The first kappa shape index (κ1) is 25.0. The van der Waals surface area contributed by atoms with E-state index in [1.165, 1.54) is 6.07 Å². The zero-order valence-corrected chi connectivity index (χ0v) is 18.8. The average molecular weight is 468 g/mol. The van der Waals surface area contributed by atoms with Gasteiger partial charge in [-0.3, -0.25) is 9.69 Å². The van der Waals surface area contributed by atoms with Crippen LogP contribution in [0.25, 0.3) is 0 Å². The quantitative estimate of drug-likeness (QED) is 0.559. The maximum atomic E-state index is 13.5. The average Bonchev–Trinajstić information content (AvgIpc) is 2.75. The number of ether oxygens (including phenoxy) is 1. The molecular formula is C24H29F4N3O2. The molecule has 1 aromatic carbocycles. The van der Waals surface area contributed by atoms with E-state index >= 15 is 0 Å². The molecular weight excluding hydrogens is 438 g/mol. The lowest BCUT2D eigenvalue weighted by Crippen LogP contribution is -2.38. The molecule has 0 radical (unpaired) electrons. The van der Waals surface area contributed by atoms with Crippen LogP contribution in [-0.2, 0) is 24.1 Å². The number of halogens is 4. The van der Waals surface area contributed by atoms with Gasteiger partial charge in [-0.15, -0.1) is 0 Å². The molecule has 1 fully saturated rings. The van der Waals surface area contributed by atoms with Crippen molar-refractivity contribution in [1.82, 2.24) is 15.2 Å². The first-order valence-electron chi connectivity index (χ1n) is 11.1. The van der Waals surface area contributed by atoms with Crippen LogP contribution in [0.3, 0.4) is 0 Å². The molecule has 0 bridgehead atoms. The Morgan fingerprint density at radius 2 is 1.88 bits per heavy atom. The van der Waals surface area contributed by atoms with Gasteiger partial charge in [-0.1, -0.05) is 26.0 Å². The third kappa shape index (κ3) is 7.70. The third-order valence-electron chi connectivity index (χ3n) is 5.45. The number of likely N-dealkylation sites (tertiary alicyclic amines) is 1. The summed E-state index contributed by atoms with van der Waals surface area (Å²) in [7, 11) is 0. The van der Waals surface area contributed by atoms with E-state index in [0.29, 0.717) is 62.8 Å². The van der Waals surface area contributed by atoms with E-state index in [0.717, 1.165) is 17.7 Å². The highest BCUT2D eigenvalue weighted by Crippen LogP contribution is 2.32.